The molecule has 390 valence electrons. The third-order valence-corrected chi connectivity index (χ3v) is 12.0. The lowest BCUT2D eigenvalue weighted by Gasteiger charge is -2.26. The summed E-state index contributed by atoms with van der Waals surface area (Å²) in [5.74, 6) is -2.30. The summed E-state index contributed by atoms with van der Waals surface area (Å²) < 4.78 is 22.6. The Morgan fingerprint density at radius 3 is 1.24 bits per heavy atom. The van der Waals surface area contributed by atoms with Crippen molar-refractivity contribution in [2.24, 2.45) is 0 Å². The number of nitrogens with zero attached hydrogens (tertiary/aromatic N) is 1. The number of carboxylic acids is 1. The Morgan fingerprint density at radius 2 is 0.836 bits per heavy atom. The SMILES string of the molecule is CCC/C=C\C/C=C\CCCCCCCC(=O)OCC(COC(OCC[N+](C)(C)C)C(=O)[O-])OC(=O)CCCCCCCCCCCCCCCCCCC/C=C\C/C=C\CCCCCCC. The smallest absolute Gasteiger partial charge is 0.306 e. The van der Waals surface area contributed by atoms with Crippen LogP contribution in [-0.2, 0) is 33.3 Å². The lowest BCUT2D eigenvalue weighted by molar-refractivity contribution is -0.870. The van der Waals surface area contributed by atoms with Gasteiger partial charge in [0.2, 0.25) is 0 Å². The topological polar surface area (TPSA) is 111 Å². The van der Waals surface area contributed by atoms with Crippen molar-refractivity contribution in [3.63, 3.8) is 0 Å². The van der Waals surface area contributed by atoms with Crippen LogP contribution >= 0.6 is 0 Å². The molecule has 9 heteroatoms. The molecular formula is C58H105NO8. The summed E-state index contributed by atoms with van der Waals surface area (Å²) in [6, 6.07) is 0. The predicted molar refractivity (Wildman–Crippen MR) is 279 cm³/mol. The number of rotatable bonds is 51. The van der Waals surface area contributed by atoms with Crippen LogP contribution in [0.25, 0.3) is 0 Å². The third-order valence-electron chi connectivity index (χ3n) is 12.0. The van der Waals surface area contributed by atoms with Gasteiger partial charge in [0.15, 0.2) is 12.4 Å². The second-order valence-electron chi connectivity index (χ2n) is 19.9. The maximum absolute atomic E-state index is 12.8. The fraction of sp³-hybridized carbons (Fsp3) is 0.810. The van der Waals surface area contributed by atoms with E-state index in [9.17, 15) is 19.5 Å². The molecule has 0 aliphatic rings. The Bertz CT molecular complexity index is 1240. The first-order valence-corrected chi connectivity index (χ1v) is 27.8. The Morgan fingerprint density at radius 1 is 0.448 bits per heavy atom. The van der Waals surface area contributed by atoms with Gasteiger partial charge >= 0.3 is 11.9 Å². The fourth-order valence-corrected chi connectivity index (χ4v) is 7.72. The molecule has 0 bridgehead atoms. The average molecular weight is 944 g/mol. The van der Waals surface area contributed by atoms with Crippen molar-refractivity contribution in [2.75, 3.05) is 47.5 Å². The zero-order chi connectivity index (χ0) is 49.2. The van der Waals surface area contributed by atoms with Gasteiger partial charge in [-0.1, -0.05) is 210 Å². The molecular weight excluding hydrogens is 839 g/mol. The number of hydrogen-bond donors (Lipinski definition) is 0. The fourth-order valence-electron chi connectivity index (χ4n) is 7.72. The highest BCUT2D eigenvalue weighted by Gasteiger charge is 2.22. The monoisotopic (exact) mass is 944 g/mol. The van der Waals surface area contributed by atoms with Gasteiger partial charge in [-0.3, -0.25) is 9.59 Å². The van der Waals surface area contributed by atoms with Gasteiger partial charge in [0.1, 0.15) is 13.2 Å². The number of unbranched alkanes of at least 4 members (excludes halogenated alkanes) is 28. The number of likely N-dealkylation sites (N-methyl/N-ethyl adjacent to an activating group) is 1. The lowest BCUT2D eigenvalue weighted by atomic mass is 10.0. The summed E-state index contributed by atoms with van der Waals surface area (Å²) in [5, 5.41) is 11.7. The van der Waals surface area contributed by atoms with Gasteiger partial charge in [-0.25, -0.2) is 0 Å². The van der Waals surface area contributed by atoms with E-state index in [2.05, 4.69) is 62.5 Å². The number of ether oxygens (including phenoxy) is 4. The largest absolute Gasteiger partial charge is 0.545 e. The summed E-state index contributed by atoms with van der Waals surface area (Å²) in [6.45, 7) is 4.67. The molecule has 0 rings (SSSR count). The average Bonchev–Trinajstić information content (AvgIpc) is 3.29. The van der Waals surface area contributed by atoms with Crippen molar-refractivity contribution < 1.29 is 42.9 Å². The second kappa shape index (κ2) is 49.7. The van der Waals surface area contributed by atoms with E-state index in [4.69, 9.17) is 18.9 Å². The van der Waals surface area contributed by atoms with Gasteiger partial charge in [0, 0.05) is 12.8 Å². The zero-order valence-electron chi connectivity index (χ0n) is 44.3. The maximum atomic E-state index is 12.8. The Balaban J connectivity index is 4.15. The molecule has 9 nitrogen and oxygen atoms in total. The molecule has 0 aliphatic heterocycles. The second-order valence-corrected chi connectivity index (χ2v) is 19.9. The number of aliphatic carboxylic acids is 1. The lowest BCUT2D eigenvalue weighted by Crippen LogP contribution is -2.44. The number of carboxylic acid groups (broad SMARTS) is 1. The van der Waals surface area contributed by atoms with E-state index in [1.807, 2.05) is 21.1 Å². The number of hydrogen-bond acceptors (Lipinski definition) is 8. The summed E-state index contributed by atoms with van der Waals surface area (Å²) in [5.41, 5.74) is 0. The summed E-state index contributed by atoms with van der Waals surface area (Å²) in [6.07, 6.45) is 57.4. The molecule has 0 spiro atoms. The summed E-state index contributed by atoms with van der Waals surface area (Å²) in [7, 11) is 5.91. The Kier molecular flexibility index (Phi) is 47.6. The van der Waals surface area contributed by atoms with Gasteiger partial charge in [-0.2, -0.15) is 0 Å². The van der Waals surface area contributed by atoms with Crippen molar-refractivity contribution >= 4 is 17.9 Å². The molecule has 2 atom stereocenters. The predicted octanol–water partition coefficient (Wildman–Crippen LogP) is 14.6. The number of esters is 2. The molecule has 0 heterocycles. The van der Waals surface area contributed by atoms with Crippen molar-refractivity contribution in [2.45, 2.75) is 257 Å². The van der Waals surface area contributed by atoms with Gasteiger partial charge < -0.3 is 33.3 Å². The standard InChI is InChI=1S/C58H105NO8/c1-6-8-10-12-14-16-18-20-21-22-23-24-25-26-27-28-29-30-31-32-33-34-35-37-39-41-43-45-47-49-56(61)67-54(53-66-58(57(62)63)64-51-50-59(3,4)5)52-65-55(60)48-46-44-42-40-38-36-19-17-15-13-11-9-7-2/h11,13,17-20,22-23,54,58H,6-10,12,14-16,21,24-53H2,1-5H3/b13-11-,19-17-,20-18-,23-22-. The van der Waals surface area contributed by atoms with E-state index in [0.717, 1.165) is 70.6 Å². The van der Waals surface area contributed by atoms with Crippen LogP contribution in [0.2, 0.25) is 0 Å². The molecule has 0 saturated heterocycles. The van der Waals surface area contributed by atoms with Crippen LogP contribution in [0.5, 0.6) is 0 Å². The highest BCUT2D eigenvalue weighted by Crippen LogP contribution is 2.16. The Labute approximate surface area is 412 Å². The van der Waals surface area contributed by atoms with Crippen LogP contribution in [0.1, 0.15) is 245 Å². The van der Waals surface area contributed by atoms with Crippen molar-refractivity contribution in [3.05, 3.63) is 48.6 Å². The maximum Gasteiger partial charge on any atom is 0.306 e. The zero-order valence-corrected chi connectivity index (χ0v) is 44.3. The number of quaternary nitrogens is 1. The minimum Gasteiger partial charge on any atom is -0.545 e. The van der Waals surface area contributed by atoms with Crippen LogP contribution < -0.4 is 5.11 Å². The highest BCUT2D eigenvalue weighted by molar-refractivity contribution is 5.70. The highest BCUT2D eigenvalue weighted by atomic mass is 16.7. The van der Waals surface area contributed by atoms with E-state index in [-0.39, 0.29) is 38.6 Å². The van der Waals surface area contributed by atoms with E-state index < -0.39 is 24.3 Å². The van der Waals surface area contributed by atoms with Gasteiger partial charge in [0.25, 0.3) is 0 Å². The molecule has 2 unspecified atom stereocenters. The summed E-state index contributed by atoms with van der Waals surface area (Å²) in [4.78, 5) is 37.1. The molecule has 0 N–H and O–H groups in total. The molecule has 0 saturated carbocycles. The number of carbonyl (C=O) groups excluding carboxylic acids is 3. The minimum atomic E-state index is -1.62. The summed E-state index contributed by atoms with van der Waals surface area (Å²) >= 11 is 0. The molecule has 67 heavy (non-hydrogen) atoms. The minimum absolute atomic E-state index is 0.145. The molecule has 0 aromatic carbocycles. The molecule has 0 aromatic rings. The van der Waals surface area contributed by atoms with Crippen LogP contribution in [0.15, 0.2) is 48.6 Å². The normalized spacial score (nSPS) is 13.1. The van der Waals surface area contributed by atoms with E-state index in [1.54, 1.807) is 0 Å². The third kappa shape index (κ3) is 50.9. The first kappa shape index (κ1) is 64.2. The first-order valence-electron chi connectivity index (χ1n) is 27.8. The quantitative estimate of drug-likeness (QED) is 0.0195. The van der Waals surface area contributed by atoms with Crippen molar-refractivity contribution in [1.82, 2.24) is 0 Å². The molecule has 0 fully saturated rings. The van der Waals surface area contributed by atoms with E-state index in [0.29, 0.717) is 17.4 Å². The van der Waals surface area contributed by atoms with Crippen molar-refractivity contribution in [1.29, 1.82) is 0 Å². The first-order chi connectivity index (χ1) is 32.6. The molecule has 0 radical (unpaired) electrons. The Hall–Kier alpha value is -2.75. The van der Waals surface area contributed by atoms with E-state index >= 15 is 0 Å². The van der Waals surface area contributed by atoms with Crippen LogP contribution in [0.4, 0.5) is 0 Å². The van der Waals surface area contributed by atoms with Crippen molar-refractivity contribution in [3.8, 4) is 0 Å². The molecule has 0 aliphatic carbocycles. The molecule has 0 aromatic heterocycles. The van der Waals surface area contributed by atoms with Crippen LogP contribution in [0, 0.1) is 0 Å². The number of allylic oxidation sites excluding steroid dienone is 8. The van der Waals surface area contributed by atoms with Gasteiger partial charge in [0.05, 0.1) is 40.3 Å². The molecule has 0 amide bonds. The van der Waals surface area contributed by atoms with E-state index in [1.165, 1.54) is 141 Å². The number of carbonyl (C=O) groups is 3. The van der Waals surface area contributed by atoms with Crippen LogP contribution in [0.3, 0.4) is 0 Å². The van der Waals surface area contributed by atoms with Gasteiger partial charge in [-0.05, 0) is 70.6 Å². The van der Waals surface area contributed by atoms with Gasteiger partial charge in [-0.15, -0.1) is 0 Å². The van der Waals surface area contributed by atoms with Crippen LogP contribution in [-0.4, -0.2) is 82.3 Å².